The largest absolute Gasteiger partial charge is 0.493 e. The van der Waals surface area contributed by atoms with E-state index in [0.29, 0.717) is 18.5 Å². The second kappa shape index (κ2) is 12.7. The fraction of sp³-hybridized carbons (Fsp3) is 0.714. The van der Waals surface area contributed by atoms with Gasteiger partial charge in [-0.1, -0.05) is 6.07 Å². The number of hydrogen-bond donors (Lipinski definition) is 1. The summed E-state index contributed by atoms with van der Waals surface area (Å²) >= 11 is 0. The summed E-state index contributed by atoms with van der Waals surface area (Å²) in [7, 11) is 4.21. The van der Waals surface area contributed by atoms with Crippen LogP contribution < -0.4 is 10.1 Å². The molecule has 1 N–H and O–H groups in total. The lowest BCUT2D eigenvalue weighted by Crippen LogP contribution is -2.53. The highest BCUT2D eigenvalue weighted by Gasteiger charge is 2.33. The molecule has 2 aliphatic rings. The Hall–Kier alpha value is -2.12. The van der Waals surface area contributed by atoms with Crippen molar-refractivity contribution in [3.63, 3.8) is 0 Å². The molecule has 7 nitrogen and oxygen atoms in total. The first-order valence-corrected chi connectivity index (χ1v) is 13.3. The molecular weight excluding hydrogens is 440 g/mol. The van der Waals surface area contributed by atoms with Crippen LogP contribution in [0.4, 0.5) is 0 Å². The smallest absolute Gasteiger partial charge is 0.224 e. The van der Waals surface area contributed by atoms with Gasteiger partial charge >= 0.3 is 0 Å². The van der Waals surface area contributed by atoms with Crippen LogP contribution in [0, 0.1) is 25.7 Å². The number of nitrogens with zero attached hydrogens (tertiary/aromatic N) is 3. The van der Waals surface area contributed by atoms with Crippen molar-refractivity contribution in [3.8, 4) is 5.75 Å². The highest BCUT2D eigenvalue weighted by molar-refractivity contribution is 5.80. The van der Waals surface area contributed by atoms with Crippen LogP contribution in [0.15, 0.2) is 12.1 Å². The molecule has 0 aromatic heterocycles. The Morgan fingerprint density at radius 2 is 1.89 bits per heavy atom. The van der Waals surface area contributed by atoms with Crippen LogP contribution in [-0.4, -0.2) is 86.5 Å². The van der Waals surface area contributed by atoms with E-state index in [9.17, 15) is 9.59 Å². The van der Waals surface area contributed by atoms with Gasteiger partial charge < -0.3 is 19.9 Å². The summed E-state index contributed by atoms with van der Waals surface area (Å²) in [5, 5.41) is 3.15. The molecular formula is C28H46N4O3. The van der Waals surface area contributed by atoms with Gasteiger partial charge in [0.1, 0.15) is 5.75 Å². The van der Waals surface area contributed by atoms with Crippen LogP contribution in [0.5, 0.6) is 5.75 Å². The zero-order valence-corrected chi connectivity index (χ0v) is 22.7. The Bertz CT molecular complexity index is 866. The Kier molecular flexibility index (Phi) is 9.99. The molecule has 1 aromatic rings. The number of likely N-dealkylation sites (tertiary alicyclic amines) is 2. The van der Waals surface area contributed by atoms with Gasteiger partial charge in [-0.05, 0) is 89.9 Å². The van der Waals surface area contributed by atoms with E-state index in [4.69, 9.17) is 4.74 Å². The van der Waals surface area contributed by atoms with Gasteiger partial charge in [0.25, 0.3) is 0 Å². The summed E-state index contributed by atoms with van der Waals surface area (Å²) < 4.78 is 6.08. The lowest BCUT2D eigenvalue weighted by Gasteiger charge is -2.44. The minimum absolute atomic E-state index is 0.0660. The number of carbonyl (C=O) groups is 2. The third kappa shape index (κ3) is 7.43. The zero-order valence-electron chi connectivity index (χ0n) is 22.7. The average molecular weight is 487 g/mol. The van der Waals surface area contributed by atoms with Crippen LogP contribution in [0.1, 0.15) is 62.3 Å². The van der Waals surface area contributed by atoms with Crippen molar-refractivity contribution < 1.29 is 14.3 Å². The van der Waals surface area contributed by atoms with Gasteiger partial charge in [-0.25, -0.2) is 0 Å². The van der Waals surface area contributed by atoms with E-state index >= 15 is 0 Å². The maximum atomic E-state index is 12.6. The van der Waals surface area contributed by atoms with Gasteiger partial charge in [-0.2, -0.15) is 0 Å². The Labute approximate surface area is 212 Å². The number of carbonyl (C=O) groups excluding carboxylic acids is 2. The maximum absolute atomic E-state index is 12.6. The van der Waals surface area contributed by atoms with Gasteiger partial charge in [0.2, 0.25) is 11.8 Å². The van der Waals surface area contributed by atoms with Gasteiger partial charge in [0.15, 0.2) is 0 Å². The molecule has 3 rings (SSSR count). The highest BCUT2D eigenvalue weighted by Crippen LogP contribution is 2.34. The minimum atomic E-state index is -0.0675. The van der Waals surface area contributed by atoms with Crippen LogP contribution >= 0.6 is 0 Å². The lowest BCUT2D eigenvalue weighted by molar-refractivity contribution is -0.134. The number of hydrogen-bond acceptors (Lipinski definition) is 5. The molecule has 196 valence electrons. The average Bonchev–Trinajstić information content (AvgIpc) is 2.80. The maximum Gasteiger partial charge on any atom is 0.224 e. The monoisotopic (exact) mass is 486 g/mol. The van der Waals surface area contributed by atoms with Crippen molar-refractivity contribution in [2.45, 2.75) is 59.4 Å². The molecule has 35 heavy (non-hydrogen) atoms. The van der Waals surface area contributed by atoms with Crippen molar-refractivity contribution in [2.24, 2.45) is 11.8 Å². The quantitative estimate of drug-likeness (QED) is 0.486. The molecule has 0 bridgehead atoms. The van der Waals surface area contributed by atoms with Gasteiger partial charge in [-0.3, -0.25) is 14.5 Å². The number of benzene rings is 1. The highest BCUT2D eigenvalue weighted by atomic mass is 16.5. The molecule has 2 saturated heterocycles. The van der Waals surface area contributed by atoms with E-state index < -0.39 is 0 Å². The fourth-order valence-corrected chi connectivity index (χ4v) is 5.26. The predicted molar refractivity (Wildman–Crippen MR) is 141 cm³/mol. The number of amides is 2. The van der Waals surface area contributed by atoms with E-state index in [1.807, 2.05) is 0 Å². The van der Waals surface area contributed by atoms with Gasteiger partial charge in [-0.15, -0.1) is 0 Å². The van der Waals surface area contributed by atoms with E-state index in [1.165, 1.54) is 16.7 Å². The zero-order chi connectivity index (χ0) is 25.5. The van der Waals surface area contributed by atoms with E-state index in [-0.39, 0.29) is 17.7 Å². The Morgan fingerprint density at radius 3 is 2.57 bits per heavy atom. The van der Waals surface area contributed by atoms with Crippen molar-refractivity contribution in [2.75, 3.05) is 60.0 Å². The number of unbranched alkanes of at least 4 members (excludes halogenated alkanes) is 1. The SMILES string of the molecule is CC(=O)N1CCCC(C(=O)NCC2CN(C(C)c3ccc(OCCCCN(C)C)c(C)c3C)C2)C1. The number of rotatable bonds is 11. The molecule has 1 aromatic carbocycles. The normalized spacial score (nSPS) is 20.0. The molecule has 2 amide bonds. The summed E-state index contributed by atoms with van der Waals surface area (Å²) in [6.07, 6.45) is 3.99. The van der Waals surface area contributed by atoms with E-state index in [2.05, 4.69) is 62.1 Å². The first-order chi connectivity index (χ1) is 16.7. The van der Waals surface area contributed by atoms with Crippen molar-refractivity contribution in [1.82, 2.24) is 20.0 Å². The van der Waals surface area contributed by atoms with Crippen molar-refractivity contribution in [1.29, 1.82) is 0 Å². The summed E-state index contributed by atoms with van der Waals surface area (Å²) in [6, 6.07) is 4.70. The summed E-state index contributed by atoms with van der Waals surface area (Å²) in [6.45, 7) is 14.1. The third-order valence-electron chi connectivity index (χ3n) is 7.82. The molecule has 2 atom stereocenters. The van der Waals surface area contributed by atoms with Gasteiger partial charge in [0, 0.05) is 51.6 Å². The topological polar surface area (TPSA) is 65.1 Å². The molecule has 7 heteroatoms. The number of piperidine rings is 1. The molecule has 2 fully saturated rings. The number of nitrogens with one attached hydrogen (secondary N) is 1. The standard InChI is InChI=1S/C28H46N4O3/c1-20-21(2)27(35-15-8-7-13-30(5)6)12-11-26(20)22(3)32-17-24(18-32)16-29-28(34)25-10-9-14-31(19-25)23(4)33/h11-12,22,24-25H,7-10,13-19H2,1-6H3,(H,29,34). The lowest BCUT2D eigenvalue weighted by atomic mass is 9.91. The molecule has 0 radical (unpaired) electrons. The third-order valence-corrected chi connectivity index (χ3v) is 7.82. The molecule has 2 unspecified atom stereocenters. The fourth-order valence-electron chi connectivity index (χ4n) is 5.26. The second-order valence-electron chi connectivity index (χ2n) is 10.8. The van der Waals surface area contributed by atoms with Crippen LogP contribution in [0.3, 0.4) is 0 Å². The molecule has 2 aliphatic heterocycles. The molecule has 0 spiro atoms. The molecule has 0 aliphatic carbocycles. The first-order valence-electron chi connectivity index (χ1n) is 13.3. The van der Waals surface area contributed by atoms with E-state index in [1.54, 1.807) is 11.8 Å². The van der Waals surface area contributed by atoms with Crippen LogP contribution in [0.2, 0.25) is 0 Å². The van der Waals surface area contributed by atoms with Crippen LogP contribution in [0.25, 0.3) is 0 Å². The van der Waals surface area contributed by atoms with Crippen LogP contribution in [-0.2, 0) is 9.59 Å². The Balaban J connectivity index is 1.42. The number of ether oxygens (including phenoxy) is 1. The van der Waals surface area contributed by atoms with Gasteiger partial charge in [0.05, 0.1) is 12.5 Å². The van der Waals surface area contributed by atoms with Crippen molar-refractivity contribution >= 4 is 11.8 Å². The summed E-state index contributed by atoms with van der Waals surface area (Å²) in [5.41, 5.74) is 3.90. The summed E-state index contributed by atoms with van der Waals surface area (Å²) in [4.78, 5) is 30.8. The predicted octanol–water partition coefficient (Wildman–Crippen LogP) is 3.39. The first kappa shape index (κ1) is 27.5. The Morgan fingerprint density at radius 1 is 1.14 bits per heavy atom. The molecule has 2 heterocycles. The van der Waals surface area contributed by atoms with Crippen molar-refractivity contribution in [3.05, 3.63) is 28.8 Å². The second-order valence-corrected chi connectivity index (χ2v) is 10.8. The van der Waals surface area contributed by atoms with E-state index in [0.717, 1.165) is 70.8 Å². The minimum Gasteiger partial charge on any atom is -0.493 e. The molecule has 0 saturated carbocycles. The summed E-state index contributed by atoms with van der Waals surface area (Å²) in [5.74, 6) is 1.59.